The van der Waals surface area contributed by atoms with E-state index >= 15 is 0 Å². The van der Waals surface area contributed by atoms with Crippen LogP contribution in [0.5, 0.6) is 0 Å². The maximum absolute atomic E-state index is 14.3. The Labute approximate surface area is 427 Å². The number of amides is 9. The lowest BCUT2D eigenvalue weighted by Gasteiger charge is -2.30. The standard InChI is InChI=1S/C47H73N11O16/c1-5-25(4)38-47(74)55-32(22-36(64)65)43(70)53-30(20-34(60)61)41(68)51-28(16-10-12-18-49)40(67)56-33(23-59)45(72)54-31(21-35(62)63)42(69)50-27(15-9-11-17-48)39(66)52-29(19-26-13-7-6-8-14-26)44(71)57-37(24(2)3)46(73)58-38/h6-8,13-14,24-25,27-33,37-38,59H,5,9-12,15-23,48-49H2,1-4H3,(H,50,69)(H,51,68)(H,52,66)(H,53,70)(H,54,72)(H,55,74)(H,56,67)(H,57,71)(H,58,73)(H,60,61)(H,62,63)(H,64,65)/t25-,27-,28-,29-,30-,31-,32-,33-,37-,38-/m0/s1. The van der Waals surface area contributed by atoms with Gasteiger partial charge < -0.3 is 79.7 Å². The van der Waals surface area contributed by atoms with Crippen LogP contribution in [0, 0.1) is 11.8 Å². The summed E-state index contributed by atoms with van der Waals surface area (Å²) < 4.78 is 0. The number of nitrogens with two attached hydrogens (primary N) is 2. The predicted molar refractivity (Wildman–Crippen MR) is 261 cm³/mol. The molecule has 1 aliphatic rings. The number of nitrogens with one attached hydrogen (secondary N) is 9. The molecule has 0 bridgehead atoms. The number of aliphatic hydroxyl groups excluding tert-OH is 1. The number of unbranched alkanes of at least 4 members (excludes halogenated alkanes) is 2. The van der Waals surface area contributed by atoms with E-state index in [1.807, 2.05) is 0 Å². The Morgan fingerprint density at radius 3 is 1.20 bits per heavy atom. The van der Waals surface area contributed by atoms with Crippen molar-refractivity contribution < 1.29 is 78.0 Å². The molecule has 27 heteroatoms. The molecule has 1 heterocycles. The monoisotopic (exact) mass is 1050 g/mol. The zero-order valence-corrected chi connectivity index (χ0v) is 42.0. The Bertz CT molecular complexity index is 2130. The highest BCUT2D eigenvalue weighted by Crippen LogP contribution is 2.14. The Kier molecular flexibility index (Phi) is 27.2. The van der Waals surface area contributed by atoms with Gasteiger partial charge in [-0.05, 0) is 69.0 Å². The summed E-state index contributed by atoms with van der Waals surface area (Å²) in [6, 6.07) is -7.13. The minimum absolute atomic E-state index is 0.115. The molecule has 0 saturated carbocycles. The van der Waals surface area contributed by atoms with Crippen LogP contribution in [0.3, 0.4) is 0 Å². The molecule has 1 fully saturated rings. The number of aliphatic hydroxyl groups is 1. The molecule has 0 radical (unpaired) electrons. The molecule has 0 unspecified atom stereocenters. The summed E-state index contributed by atoms with van der Waals surface area (Å²) in [5.41, 5.74) is 11.9. The summed E-state index contributed by atoms with van der Waals surface area (Å²) in [5.74, 6) is -16.5. The fourth-order valence-electron chi connectivity index (χ4n) is 7.56. The number of carboxylic acid groups (broad SMARTS) is 3. The number of carboxylic acids is 3. The molecule has 0 aliphatic carbocycles. The van der Waals surface area contributed by atoms with E-state index in [9.17, 15) is 78.0 Å². The second kappa shape index (κ2) is 32.0. The van der Waals surface area contributed by atoms with Crippen molar-refractivity contribution in [1.82, 2.24) is 47.9 Å². The summed E-state index contributed by atoms with van der Waals surface area (Å²) >= 11 is 0. The van der Waals surface area contributed by atoms with Crippen LogP contribution in [0.1, 0.15) is 97.5 Å². The van der Waals surface area contributed by atoms with Gasteiger partial charge in [0.05, 0.1) is 25.9 Å². The topological polar surface area (TPSA) is 446 Å². The van der Waals surface area contributed by atoms with Crippen molar-refractivity contribution in [2.24, 2.45) is 23.3 Å². The van der Waals surface area contributed by atoms with Crippen LogP contribution in [0.2, 0.25) is 0 Å². The first-order valence-corrected chi connectivity index (χ1v) is 24.4. The van der Waals surface area contributed by atoms with E-state index in [0.29, 0.717) is 12.0 Å². The van der Waals surface area contributed by atoms with E-state index in [4.69, 9.17) is 11.5 Å². The zero-order chi connectivity index (χ0) is 55.7. The maximum Gasteiger partial charge on any atom is 0.305 e. The molecule has 0 aromatic heterocycles. The summed E-state index contributed by atoms with van der Waals surface area (Å²) in [5, 5.41) is 60.8. The van der Waals surface area contributed by atoms with Crippen molar-refractivity contribution in [2.75, 3.05) is 19.7 Å². The van der Waals surface area contributed by atoms with Gasteiger partial charge in [0.15, 0.2) is 0 Å². The molecule has 1 saturated heterocycles. The Morgan fingerprint density at radius 2 is 0.811 bits per heavy atom. The van der Waals surface area contributed by atoms with Crippen LogP contribution in [0.25, 0.3) is 0 Å². The second-order valence-corrected chi connectivity index (χ2v) is 18.3. The third kappa shape index (κ3) is 21.4. The number of rotatable bonds is 20. The van der Waals surface area contributed by atoms with E-state index in [1.165, 1.54) is 0 Å². The van der Waals surface area contributed by atoms with E-state index in [0.717, 1.165) is 0 Å². The van der Waals surface area contributed by atoms with Gasteiger partial charge in [-0.2, -0.15) is 0 Å². The molecular formula is C47H73N11O16. The van der Waals surface area contributed by atoms with E-state index < -0.39 is 163 Å². The van der Waals surface area contributed by atoms with Gasteiger partial charge in [-0.15, -0.1) is 0 Å². The van der Waals surface area contributed by atoms with Crippen LogP contribution < -0.4 is 59.3 Å². The van der Waals surface area contributed by atoms with Gasteiger partial charge in [0.2, 0.25) is 53.2 Å². The number of carbonyl (C=O) groups excluding carboxylic acids is 9. The average molecular weight is 1050 g/mol. The highest BCUT2D eigenvalue weighted by molar-refractivity contribution is 6.00. The quantitative estimate of drug-likeness (QED) is 0.0553. The van der Waals surface area contributed by atoms with Crippen molar-refractivity contribution in [1.29, 1.82) is 0 Å². The molecular weight excluding hydrogens is 975 g/mol. The SMILES string of the molecule is CC[C@H](C)[C@@H]1NC(=O)[C@H](C(C)C)NC(=O)[C@H](Cc2ccccc2)NC(=O)[C@H](CCCCN)NC(=O)[C@H](CC(=O)O)NC(=O)[C@H](CO)NC(=O)[C@H](CCCCN)NC(=O)[C@H](CC(=O)O)NC(=O)[C@H](CC(=O)O)NC1=O. The van der Waals surface area contributed by atoms with Crippen LogP contribution in [-0.2, 0) is 64.0 Å². The van der Waals surface area contributed by atoms with Crippen LogP contribution in [0.4, 0.5) is 0 Å². The number of carbonyl (C=O) groups is 12. The molecule has 1 aromatic rings. The molecule has 27 nitrogen and oxygen atoms in total. The second-order valence-electron chi connectivity index (χ2n) is 18.3. The van der Waals surface area contributed by atoms with Gasteiger partial charge in [0.1, 0.15) is 54.4 Å². The highest BCUT2D eigenvalue weighted by atomic mass is 16.4. The van der Waals surface area contributed by atoms with E-state index in [2.05, 4.69) is 47.9 Å². The first-order valence-electron chi connectivity index (χ1n) is 24.4. The number of hydrogen-bond donors (Lipinski definition) is 15. The molecule has 1 aliphatic heterocycles. The van der Waals surface area contributed by atoms with Crippen molar-refractivity contribution in [3.63, 3.8) is 0 Å². The summed E-state index contributed by atoms with van der Waals surface area (Å²) in [7, 11) is 0. The fourth-order valence-corrected chi connectivity index (χ4v) is 7.56. The average Bonchev–Trinajstić information content (AvgIpc) is 3.33. The van der Waals surface area contributed by atoms with Gasteiger partial charge in [-0.3, -0.25) is 57.5 Å². The van der Waals surface area contributed by atoms with Gasteiger partial charge >= 0.3 is 17.9 Å². The minimum atomic E-state index is -2.04. The number of hydrogen-bond acceptors (Lipinski definition) is 15. The number of benzene rings is 1. The lowest BCUT2D eigenvalue weighted by molar-refractivity contribution is -0.144. The number of aliphatic carboxylic acids is 3. The lowest BCUT2D eigenvalue weighted by atomic mass is 9.95. The smallest absolute Gasteiger partial charge is 0.305 e. The lowest BCUT2D eigenvalue weighted by Crippen LogP contribution is -2.62. The van der Waals surface area contributed by atoms with E-state index in [-0.39, 0.29) is 58.0 Å². The Balaban J connectivity index is 2.88. The summed E-state index contributed by atoms with van der Waals surface area (Å²) in [6.07, 6.45) is -2.65. The Morgan fingerprint density at radius 1 is 0.473 bits per heavy atom. The van der Waals surface area contributed by atoms with Crippen LogP contribution >= 0.6 is 0 Å². The first-order chi connectivity index (χ1) is 35.0. The van der Waals surface area contributed by atoms with Gasteiger partial charge in [0, 0.05) is 6.42 Å². The molecule has 10 atom stereocenters. The summed E-state index contributed by atoms with van der Waals surface area (Å²) in [6.45, 7) is 5.48. The Hall–Kier alpha value is -7.26. The molecule has 1 aromatic carbocycles. The van der Waals surface area contributed by atoms with Gasteiger partial charge in [0.25, 0.3) is 0 Å². The van der Waals surface area contributed by atoms with Crippen LogP contribution in [0.15, 0.2) is 30.3 Å². The third-order valence-corrected chi connectivity index (χ3v) is 12.0. The van der Waals surface area contributed by atoms with Crippen molar-refractivity contribution in [3.8, 4) is 0 Å². The van der Waals surface area contributed by atoms with Gasteiger partial charge in [-0.1, -0.05) is 64.4 Å². The normalized spacial score (nSPS) is 25.0. The summed E-state index contributed by atoms with van der Waals surface area (Å²) in [4.78, 5) is 162. The third-order valence-electron chi connectivity index (χ3n) is 12.0. The molecule has 2 rings (SSSR count). The van der Waals surface area contributed by atoms with Gasteiger partial charge in [-0.25, -0.2) is 0 Å². The molecule has 17 N–H and O–H groups in total. The minimum Gasteiger partial charge on any atom is -0.481 e. The van der Waals surface area contributed by atoms with Crippen molar-refractivity contribution in [2.45, 2.75) is 153 Å². The maximum atomic E-state index is 14.3. The first kappa shape index (κ1) is 62.9. The largest absolute Gasteiger partial charge is 0.481 e. The molecule has 9 amide bonds. The van der Waals surface area contributed by atoms with Crippen molar-refractivity contribution >= 4 is 71.1 Å². The van der Waals surface area contributed by atoms with E-state index in [1.54, 1.807) is 58.0 Å². The molecule has 412 valence electrons. The molecule has 74 heavy (non-hydrogen) atoms. The fraction of sp³-hybridized carbons (Fsp3) is 0.617. The predicted octanol–water partition coefficient (Wildman–Crippen LogP) is -4.02. The van der Waals surface area contributed by atoms with Crippen LogP contribution in [-0.4, -0.2) is 166 Å². The van der Waals surface area contributed by atoms with Crippen molar-refractivity contribution in [3.05, 3.63) is 35.9 Å². The highest BCUT2D eigenvalue weighted by Gasteiger charge is 2.39. The zero-order valence-electron chi connectivity index (χ0n) is 42.0. The molecule has 0 spiro atoms.